The second-order valence-corrected chi connectivity index (χ2v) is 12.6. The minimum absolute atomic E-state index is 0.190. The van der Waals surface area contributed by atoms with Crippen molar-refractivity contribution in [2.75, 3.05) is 13.2 Å². The molecule has 10 heteroatoms. The van der Waals surface area contributed by atoms with E-state index >= 15 is 0 Å². The topological polar surface area (TPSA) is 74.9 Å². The Morgan fingerprint density at radius 3 is 2.35 bits per heavy atom. The summed E-state index contributed by atoms with van der Waals surface area (Å²) in [4.78, 5) is 18.9. The maximum Gasteiger partial charge on any atom is 0.282 e. The molecule has 5 aromatic rings. The van der Waals surface area contributed by atoms with Crippen LogP contribution in [-0.4, -0.2) is 29.1 Å². The van der Waals surface area contributed by atoms with Crippen molar-refractivity contribution in [1.29, 1.82) is 0 Å². The van der Waals surface area contributed by atoms with Gasteiger partial charge in [0.1, 0.15) is 12.4 Å². The van der Waals surface area contributed by atoms with E-state index in [9.17, 15) is 4.79 Å². The maximum atomic E-state index is 13.9. The highest BCUT2D eigenvalue weighted by molar-refractivity contribution is 9.10. The Balaban J connectivity index is 1.59. The smallest absolute Gasteiger partial charge is 0.282 e. The first-order valence-corrected chi connectivity index (χ1v) is 16.5. The molecule has 238 valence electrons. The lowest BCUT2D eigenvalue weighted by Gasteiger charge is -2.18. The van der Waals surface area contributed by atoms with E-state index in [2.05, 4.69) is 35.8 Å². The van der Waals surface area contributed by atoms with Gasteiger partial charge < -0.3 is 14.2 Å². The standard InChI is InChI=1S/C36H34BrCl2N3O4/c1-6-44-32-14-22(5)27(17-26(32)21(3)4)35-41-31-11-9-8-10-25(31)36(43)42(35)40-19-24-16-33(45-7-2)34(18-28(24)37)46-20-23-12-13-29(38)30(39)15-23/h8-19,21H,6-7,20H2,1-5H3. The highest BCUT2D eigenvalue weighted by Crippen LogP contribution is 2.36. The summed E-state index contributed by atoms with van der Waals surface area (Å²) in [5.41, 5.74) is 4.60. The average molecular weight is 723 g/mol. The van der Waals surface area contributed by atoms with E-state index < -0.39 is 0 Å². The molecule has 0 radical (unpaired) electrons. The van der Waals surface area contributed by atoms with Crippen molar-refractivity contribution in [2.24, 2.45) is 5.10 Å². The Bertz CT molecular complexity index is 1990. The van der Waals surface area contributed by atoms with Gasteiger partial charge in [-0.25, -0.2) is 4.98 Å². The molecule has 0 saturated carbocycles. The van der Waals surface area contributed by atoms with Gasteiger partial charge in [0.15, 0.2) is 17.3 Å². The number of aromatic nitrogens is 2. The number of para-hydroxylation sites is 1. The minimum Gasteiger partial charge on any atom is -0.494 e. The number of hydrogen-bond acceptors (Lipinski definition) is 6. The second kappa shape index (κ2) is 14.7. The van der Waals surface area contributed by atoms with E-state index in [-0.39, 0.29) is 18.1 Å². The van der Waals surface area contributed by atoms with Gasteiger partial charge in [0.05, 0.1) is 40.4 Å². The molecule has 0 aliphatic rings. The lowest BCUT2D eigenvalue weighted by atomic mass is 9.96. The van der Waals surface area contributed by atoms with Gasteiger partial charge in [0.25, 0.3) is 5.56 Å². The molecule has 0 amide bonds. The van der Waals surface area contributed by atoms with Gasteiger partial charge in [0.2, 0.25) is 0 Å². The Morgan fingerprint density at radius 1 is 0.913 bits per heavy atom. The summed E-state index contributed by atoms with van der Waals surface area (Å²) >= 11 is 15.9. The summed E-state index contributed by atoms with van der Waals surface area (Å²) in [6, 6.07) is 20.3. The second-order valence-electron chi connectivity index (χ2n) is 10.9. The van der Waals surface area contributed by atoms with Crippen molar-refractivity contribution < 1.29 is 14.2 Å². The molecule has 46 heavy (non-hydrogen) atoms. The first-order chi connectivity index (χ1) is 22.1. The van der Waals surface area contributed by atoms with Crippen LogP contribution >= 0.6 is 39.1 Å². The summed E-state index contributed by atoms with van der Waals surface area (Å²) in [6.45, 7) is 11.3. The Labute approximate surface area is 286 Å². The zero-order valence-electron chi connectivity index (χ0n) is 26.2. The molecule has 0 aliphatic carbocycles. The van der Waals surface area contributed by atoms with E-state index in [1.54, 1.807) is 24.4 Å². The molecule has 0 aliphatic heterocycles. The quantitative estimate of drug-likeness (QED) is 0.127. The minimum atomic E-state index is -0.279. The largest absolute Gasteiger partial charge is 0.494 e. The molecule has 0 saturated heterocycles. The van der Waals surface area contributed by atoms with Crippen LogP contribution in [0.1, 0.15) is 55.9 Å². The molecule has 0 spiro atoms. The summed E-state index contributed by atoms with van der Waals surface area (Å²) in [5, 5.41) is 6.12. The Hall–Kier alpha value is -3.85. The van der Waals surface area contributed by atoms with Crippen molar-refractivity contribution in [3.05, 3.63) is 114 Å². The summed E-state index contributed by atoms with van der Waals surface area (Å²) in [5.74, 6) is 2.51. The molecule has 0 N–H and O–H groups in total. The molecule has 0 fully saturated rings. The number of ether oxygens (including phenoxy) is 3. The molecule has 7 nitrogen and oxygen atoms in total. The summed E-state index contributed by atoms with van der Waals surface area (Å²) in [7, 11) is 0. The van der Waals surface area contributed by atoms with Crippen LogP contribution in [0.3, 0.4) is 0 Å². The van der Waals surface area contributed by atoms with Gasteiger partial charge in [-0.15, -0.1) is 0 Å². The van der Waals surface area contributed by atoms with Gasteiger partial charge in [-0.05, 0) is 108 Å². The number of fused-ring (bicyclic) bond motifs is 1. The van der Waals surface area contributed by atoms with Crippen LogP contribution in [0.4, 0.5) is 0 Å². The Morgan fingerprint density at radius 2 is 1.63 bits per heavy atom. The van der Waals surface area contributed by atoms with Crippen LogP contribution in [0.2, 0.25) is 10.0 Å². The van der Waals surface area contributed by atoms with Crippen LogP contribution in [0.25, 0.3) is 22.3 Å². The van der Waals surface area contributed by atoms with E-state index in [0.717, 1.165) is 28.0 Å². The molecule has 4 aromatic carbocycles. The van der Waals surface area contributed by atoms with Crippen molar-refractivity contribution in [3.63, 3.8) is 0 Å². The predicted molar refractivity (Wildman–Crippen MR) is 191 cm³/mol. The van der Waals surface area contributed by atoms with Crippen molar-refractivity contribution in [3.8, 4) is 28.6 Å². The number of aryl methyl sites for hydroxylation is 1. The lowest BCUT2D eigenvalue weighted by molar-refractivity contribution is 0.269. The van der Waals surface area contributed by atoms with E-state index in [1.807, 2.05) is 63.2 Å². The van der Waals surface area contributed by atoms with Crippen LogP contribution in [0.5, 0.6) is 17.2 Å². The van der Waals surface area contributed by atoms with E-state index in [0.29, 0.717) is 61.5 Å². The predicted octanol–water partition coefficient (Wildman–Crippen LogP) is 9.82. The fourth-order valence-corrected chi connectivity index (χ4v) is 5.76. The van der Waals surface area contributed by atoms with Crippen molar-refractivity contribution in [1.82, 2.24) is 9.66 Å². The van der Waals surface area contributed by atoms with Crippen LogP contribution in [0.15, 0.2) is 81.1 Å². The van der Waals surface area contributed by atoms with Crippen molar-refractivity contribution in [2.45, 2.75) is 47.1 Å². The molecular weight excluding hydrogens is 689 g/mol. The first kappa shape index (κ1) is 33.5. The van der Waals surface area contributed by atoms with E-state index in [1.165, 1.54) is 4.68 Å². The van der Waals surface area contributed by atoms with Gasteiger partial charge in [-0.2, -0.15) is 9.78 Å². The van der Waals surface area contributed by atoms with E-state index in [4.69, 9.17) is 47.5 Å². The summed E-state index contributed by atoms with van der Waals surface area (Å²) < 4.78 is 20.0. The zero-order valence-corrected chi connectivity index (χ0v) is 29.3. The number of halogens is 3. The SMILES string of the molecule is CCOc1cc(C=Nn2c(-c3cc(C(C)C)c(OCC)cc3C)nc3ccccc3c2=O)c(Br)cc1OCc1ccc(Cl)c(Cl)c1. The van der Waals surface area contributed by atoms with Gasteiger partial charge in [0, 0.05) is 15.6 Å². The molecule has 5 rings (SSSR count). The van der Waals surface area contributed by atoms with Gasteiger partial charge >= 0.3 is 0 Å². The van der Waals surface area contributed by atoms with Crippen LogP contribution in [-0.2, 0) is 6.61 Å². The molecule has 0 bridgehead atoms. The first-order valence-electron chi connectivity index (χ1n) is 15.0. The zero-order chi connectivity index (χ0) is 33.0. The number of benzene rings is 4. The summed E-state index contributed by atoms with van der Waals surface area (Å²) in [6.07, 6.45) is 1.62. The normalized spacial score (nSPS) is 11.5. The maximum absolute atomic E-state index is 13.9. The Kier molecular flexibility index (Phi) is 10.7. The highest BCUT2D eigenvalue weighted by atomic mass is 79.9. The van der Waals surface area contributed by atoms with Crippen molar-refractivity contribution >= 4 is 56.2 Å². The number of nitrogens with zero attached hydrogens (tertiary/aromatic N) is 3. The molecular formula is C36H34BrCl2N3O4. The number of hydrogen-bond donors (Lipinski definition) is 0. The third-order valence-electron chi connectivity index (χ3n) is 7.33. The molecule has 0 atom stereocenters. The monoisotopic (exact) mass is 721 g/mol. The fourth-order valence-electron chi connectivity index (χ4n) is 5.02. The number of rotatable bonds is 11. The molecule has 1 heterocycles. The average Bonchev–Trinajstić information content (AvgIpc) is 3.03. The van der Waals surface area contributed by atoms with Gasteiger partial charge in [-0.1, -0.05) is 55.2 Å². The third kappa shape index (κ3) is 7.25. The third-order valence-corrected chi connectivity index (χ3v) is 8.75. The van der Waals surface area contributed by atoms with Crippen LogP contribution in [0, 0.1) is 6.92 Å². The van der Waals surface area contributed by atoms with Crippen LogP contribution < -0.4 is 19.8 Å². The highest BCUT2D eigenvalue weighted by Gasteiger charge is 2.19. The molecule has 0 unspecified atom stereocenters. The molecule has 1 aromatic heterocycles. The fraction of sp³-hybridized carbons (Fsp3) is 0.250. The van der Waals surface area contributed by atoms with Gasteiger partial charge in [-0.3, -0.25) is 4.79 Å². The lowest BCUT2D eigenvalue weighted by Crippen LogP contribution is -2.21.